The second kappa shape index (κ2) is 8.52. The van der Waals surface area contributed by atoms with Crippen LogP contribution in [0.25, 0.3) is 22.2 Å². The number of halogens is 3. The number of benzene rings is 2. The van der Waals surface area contributed by atoms with Crippen LogP contribution in [0.3, 0.4) is 0 Å². The number of likely N-dealkylation sites (tertiary alicyclic amines) is 1. The molecule has 33 heavy (non-hydrogen) atoms. The molecule has 5 rings (SSSR count). The van der Waals surface area contributed by atoms with Crippen molar-refractivity contribution in [1.29, 1.82) is 0 Å². The van der Waals surface area contributed by atoms with Crippen molar-refractivity contribution in [3.8, 4) is 11.3 Å². The highest BCUT2D eigenvalue weighted by Crippen LogP contribution is 2.43. The Balaban J connectivity index is 1.49. The van der Waals surface area contributed by atoms with Crippen LogP contribution >= 0.6 is 11.6 Å². The van der Waals surface area contributed by atoms with E-state index in [2.05, 4.69) is 5.10 Å². The maximum Gasteiger partial charge on any atom is 0.257 e. The third-order valence-corrected chi connectivity index (χ3v) is 7.24. The maximum absolute atomic E-state index is 13.4. The Morgan fingerprint density at radius 3 is 2.64 bits per heavy atom. The molecule has 1 amide bonds. The van der Waals surface area contributed by atoms with Crippen molar-refractivity contribution in [3.63, 3.8) is 0 Å². The zero-order valence-electron chi connectivity index (χ0n) is 18.1. The van der Waals surface area contributed by atoms with E-state index >= 15 is 0 Å². The molecule has 1 aromatic heterocycles. The van der Waals surface area contributed by atoms with E-state index in [1.54, 1.807) is 36.4 Å². The number of carbonyl (C=O) groups excluding carboxylic acids is 2. The van der Waals surface area contributed by atoms with Crippen molar-refractivity contribution in [1.82, 2.24) is 14.7 Å². The van der Waals surface area contributed by atoms with Crippen molar-refractivity contribution in [2.45, 2.75) is 45.1 Å². The van der Waals surface area contributed by atoms with Gasteiger partial charge in [0, 0.05) is 47.5 Å². The molecule has 0 N–H and O–H groups in total. The molecule has 0 bridgehead atoms. The number of carbonyl (C=O) groups is 2. The van der Waals surface area contributed by atoms with Gasteiger partial charge >= 0.3 is 0 Å². The third kappa shape index (κ3) is 4.26. The van der Waals surface area contributed by atoms with Gasteiger partial charge in [-0.1, -0.05) is 23.7 Å². The number of fused-ring (bicyclic) bond motifs is 1. The fourth-order valence-electron chi connectivity index (χ4n) is 5.19. The lowest BCUT2D eigenvalue weighted by molar-refractivity contribution is -0.122. The quantitative estimate of drug-likeness (QED) is 0.498. The molecule has 172 valence electrons. The summed E-state index contributed by atoms with van der Waals surface area (Å²) in [5, 5.41) is 5.59. The van der Waals surface area contributed by atoms with E-state index in [-0.39, 0.29) is 11.3 Å². The highest BCUT2D eigenvalue weighted by atomic mass is 35.5. The molecule has 1 spiro atoms. The summed E-state index contributed by atoms with van der Waals surface area (Å²) < 4.78 is 27.6. The Morgan fingerprint density at radius 1 is 1.12 bits per heavy atom. The Kier molecular flexibility index (Phi) is 5.69. The lowest BCUT2D eigenvalue weighted by atomic mass is 9.73. The highest BCUT2D eigenvalue weighted by molar-refractivity contribution is 6.30. The number of nitrogens with zero attached hydrogens (tertiary/aromatic N) is 3. The number of Topliss-reactive ketones (excluding diaryl/α,β-unsaturated/α-hetero) is 1. The Morgan fingerprint density at radius 2 is 1.91 bits per heavy atom. The van der Waals surface area contributed by atoms with Gasteiger partial charge in [0.2, 0.25) is 0 Å². The van der Waals surface area contributed by atoms with Gasteiger partial charge in [0.1, 0.15) is 18.0 Å². The second-order valence-corrected chi connectivity index (χ2v) is 9.62. The van der Waals surface area contributed by atoms with Gasteiger partial charge in [-0.3, -0.25) is 14.3 Å². The fraction of sp³-hybridized carbons (Fsp3) is 0.400. The smallest absolute Gasteiger partial charge is 0.257 e. The zero-order valence-corrected chi connectivity index (χ0v) is 18.8. The summed E-state index contributed by atoms with van der Waals surface area (Å²) in [6.07, 6.45) is 1.24. The van der Waals surface area contributed by atoms with Crippen molar-refractivity contribution < 1.29 is 18.4 Å². The minimum Gasteiger partial charge on any atom is -0.338 e. The first kappa shape index (κ1) is 22.0. The Bertz CT molecular complexity index is 1230. The minimum atomic E-state index is -2.55. The number of rotatable bonds is 4. The van der Waals surface area contributed by atoms with Gasteiger partial charge in [-0.25, -0.2) is 8.78 Å². The van der Waals surface area contributed by atoms with Gasteiger partial charge in [-0.2, -0.15) is 5.10 Å². The SMILES string of the molecule is O=C1CCC2(CC1)CCN(C(=O)c1ccc3c(c1)c(-c1cccc(Cl)c1)nn3CC(F)F)C2. The summed E-state index contributed by atoms with van der Waals surface area (Å²) >= 11 is 6.15. The van der Waals surface area contributed by atoms with Gasteiger partial charge in [0.15, 0.2) is 0 Å². The molecule has 1 aliphatic carbocycles. The van der Waals surface area contributed by atoms with Crippen molar-refractivity contribution >= 4 is 34.2 Å². The van der Waals surface area contributed by atoms with Gasteiger partial charge in [0.05, 0.1) is 5.52 Å². The lowest BCUT2D eigenvalue weighted by Gasteiger charge is -2.32. The summed E-state index contributed by atoms with van der Waals surface area (Å²) in [5.74, 6) is 0.231. The second-order valence-electron chi connectivity index (χ2n) is 9.18. The van der Waals surface area contributed by atoms with Crippen LogP contribution in [0.5, 0.6) is 0 Å². The number of hydrogen-bond donors (Lipinski definition) is 0. The number of amides is 1. The average molecular weight is 472 g/mol. The molecule has 8 heteroatoms. The first-order chi connectivity index (χ1) is 15.8. The van der Waals surface area contributed by atoms with E-state index in [9.17, 15) is 18.4 Å². The minimum absolute atomic E-state index is 0.0434. The summed E-state index contributed by atoms with van der Waals surface area (Å²) in [5.41, 5.74) is 2.32. The van der Waals surface area contributed by atoms with Gasteiger partial charge < -0.3 is 4.90 Å². The molecule has 1 saturated heterocycles. The first-order valence-corrected chi connectivity index (χ1v) is 11.6. The zero-order chi connectivity index (χ0) is 23.2. The first-order valence-electron chi connectivity index (χ1n) is 11.2. The molecule has 1 saturated carbocycles. The molecule has 2 fully saturated rings. The van der Waals surface area contributed by atoms with E-state index in [1.165, 1.54) is 4.68 Å². The van der Waals surface area contributed by atoms with Crippen LogP contribution in [-0.2, 0) is 11.3 Å². The monoisotopic (exact) mass is 471 g/mol. The van der Waals surface area contributed by atoms with Crippen LogP contribution in [0.4, 0.5) is 8.78 Å². The van der Waals surface area contributed by atoms with Crippen LogP contribution in [0.15, 0.2) is 42.5 Å². The normalized spacial score (nSPS) is 18.1. The summed E-state index contributed by atoms with van der Waals surface area (Å²) in [6, 6.07) is 12.2. The van der Waals surface area contributed by atoms with Crippen molar-refractivity contribution in [3.05, 3.63) is 53.1 Å². The number of hydrogen-bond acceptors (Lipinski definition) is 3. The molecule has 1 aliphatic heterocycles. The predicted octanol–water partition coefficient (Wildman–Crippen LogP) is 5.60. The van der Waals surface area contributed by atoms with Crippen molar-refractivity contribution in [2.75, 3.05) is 13.1 Å². The largest absolute Gasteiger partial charge is 0.338 e. The van der Waals surface area contributed by atoms with Gasteiger partial charge in [-0.15, -0.1) is 0 Å². The van der Waals surface area contributed by atoms with E-state index in [0.717, 1.165) is 19.3 Å². The summed E-state index contributed by atoms with van der Waals surface area (Å²) in [4.78, 5) is 26.9. The molecule has 2 heterocycles. The van der Waals surface area contributed by atoms with Crippen LogP contribution in [0.1, 0.15) is 42.5 Å². The highest BCUT2D eigenvalue weighted by Gasteiger charge is 2.42. The van der Waals surface area contributed by atoms with Crippen LogP contribution in [-0.4, -0.2) is 45.9 Å². The Hall–Kier alpha value is -2.80. The van der Waals surface area contributed by atoms with Crippen LogP contribution < -0.4 is 0 Å². The lowest BCUT2D eigenvalue weighted by Crippen LogP contribution is -2.34. The van der Waals surface area contributed by atoms with Gasteiger partial charge in [-0.05, 0) is 55.0 Å². The molecular weight excluding hydrogens is 448 g/mol. The maximum atomic E-state index is 13.4. The molecular formula is C25H24ClF2N3O2. The topological polar surface area (TPSA) is 55.2 Å². The van der Waals surface area contributed by atoms with Crippen molar-refractivity contribution in [2.24, 2.45) is 5.41 Å². The number of alkyl halides is 2. The summed E-state index contributed by atoms with van der Waals surface area (Å²) in [6.45, 7) is 0.789. The molecule has 0 atom stereocenters. The molecule has 5 nitrogen and oxygen atoms in total. The van der Waals surface area contributed by atoms with E-state index in [0.29, 0.717) is 64.5 Å². The molecule has 0 radical (unpaired) electrons. The Labute approximate surface area is 195 Å². The predicted molar refractivity (Wildman–Crippen MR) is 123 cm³/mol. The van der Waals surface area contributed by atoms with E-state index in [1.807, 2.05) is 11.0 Å². The molecule has 3 aromatic rings. The number of aromatic nitrogens is 2. The average Bonchev–Trinajstić information content (AvgIpc) is 3.37. The molecule has 2 aliphatic rings. The standard InChI is InChI=1S/C25H24ClF2N3O2/c26-18-3-1-2-16(12-18)23-20-13-17(4-5-21(20)31(29-23)14-22(27)28)24(33)30-11-10-25(15-30)8-6-19(32)7-9-25/h1-5,12-13,22H,6-11,14-15H2. The number of ketones is 1. The third-order valence-electron chi connectivity index (χ3n) is 7.00. The van der Waals surface area contributed by atoms with E-state index in [4.69, 9.17) is 11.6 Å². The van der Waals surface area contributed by atoms with Gasteiger partial charge in [0.25, 0.3) is 12.3 Å². The summed E-state index contributed by atoms with van der Waals surface area (Å²) in [7, 11) is 0. The molecule has 0 unspecified atom stereocenters. The molecule has 2 aromatic carbocycles. The van der Waals surface area contributed by atoms with Crippen LogP contribution in [0.2, 0.25) is 5.02 Å². The fourth-order valence-corrected chi connectivity index (χ4v) is 5.38. The van der Waals surface area contributed by atoms with Crippen LogP contribution in [0, 0.1) is 5.41 Å². The van der Waals surface area contributed by atoms with E-state index < -0.39 is 13.0 Å².